The number of nitrogens with zero attached hydrogens (tertiary/aromatic N) is 2. The zero-order valence-corrected chi connectivity index (χ0v) is 16.9. The number of anilines is 1. The normalized spacial score (nSPS) is 11.0. The van der Waals surface area contributed by atoms with Crippen LogP contribution in [0.25, 0.3) is 21.3 Å². The highest BCUT2D eigenvalue weighted by atomic mass is 35.5. The van der Waals surface area contributed by atoms with Gasteiger partial charge in [0, 0.05) is 21.7 Å². The third kappa shape index (κ3) is 3.92. The Bertz CT molecular complexity index is 1280. The van der Waals surface area contributed by atoms with Gasteiger partial charge in [-0.15, -0.1) is 11.3 Å². The highest BCUT2D eigenvalue weighted by Gasteiger charge is 2.14. The molecule has 1 amide bonds. The van der Waals surface area contributed by atoms with Crippen molar-refractivity contribution < 1.29 is 9.18 Å². The van der Waals surface area contributed by atoms with E-state index < -0.39 is 11.7 Å². The number of fused-ring (bicyclic) bond motifs is 1. The molecule has 4 aromatic rings. The first-order valence-corrected chi connectivity index (χ1v) is 9.97. The summed E-state index contributed by atoms with van der Waals surface area (Å²) in [6, 6.07) is 11.4. The monoisotopic (exact) mass is 427 g/mol. The Morgan fingerprint density at radius 3 is 2.76 bits per heavy atom. The van der Waals surface area contributed by atoms with Gasteiger partial charge in [0.25, 0.3) is 5.56 Å². The van der Waals surface area contributed by atoms with Crippen LogP contribution in [0.3, 0.4) is 0 Å². The van der Waals surface area contributed by atoms with E-state index in [1.807, 2.05) is 17.5 Å². The van der Waals surface area contributed by atoms with Gasteiger partial charge in [-0.05, 0) is 42.3 Å². The molecular weight excluding hydrogens is 413 g/mol. The Morgan fingerprint density at radius 1 is 1.24 bits per heavy atom. The van der Waals surface area contributed by atoms with Crippen molar-refractivity contribution in [3.05, 3.63) is 80.9 Å². The van der Waals surface area contributed by atoms with E-state index in [0.717, 1.165) is 16.7 Å². The number of aryl methyl sites for hydroxylation is 1. The molecule has 2 aromatic heterocycles. The molecular formula is C21H15ClFN3O2S. The zero-order valence-electron chi connectivity index (χ0n) is 15.3. The maximum atomic E-state index is 13.4. The number of thiophene rings is 1. The molecule has 8 heteroatoms. The highest BCUT2D eigenvalue weighted by Crippen LogP contribution is 2.31. The smallest absolute Gasteiger partial charge is 0.271 e. The fourth-order valence-corrected chi connectivity index (χ4v) is 4.06. The predicted octanol–water partition coefficient (Wildman–Crippen LogP) is 4.86. The summed E-state index contributed by atoms with van der Waals surface area (Å²) in [7, 11) is 0. The first kappa shape index (κ1) is 19.3. The topological polar surface area (TPSA) is 64.0 Å². The van der Waals surface area contributed by atoms with Gasteiger partial charge >= 0.3 is 0 Å². The van der Waals surface area contributed by atoms with Crippen LogP contribution in [0.5, 0.6) is 0 Å². The van der Waals surface area contributed by atoms with E-state index in [2.05, 4.69) is 10.3 Å². The van der Waals surface area contributed by atoms with Crippen molar-refractivity contribution >= 4 is 44.7 Å². The van der Waals surface area contributed by atoms with E-state index in [0.29, 0.717) is 20.9 Å². The van der Waals surface area contributed by atoms with E-state index in [4.69, 9.17) is 11.6 Å². The number of rotatable bonds is 4. The number of amides is 1. The maximum Gasteiger partial charge on any atom is 0.271 e. The molecule has 29 heavy (non-hydrogen) atoms. The van der Waals surface area contributed by atoms with Crippen LogP contribution in [0.15, 0.2) is 59.0 Å². The second-order valence-electron chi connectivity index (χ2n) is 6.52. The van der Waals surface area contributed by atoms with E-state index in [1.54, 1.807) is 25.1 Å². The number of hydrogen-bond acceptors (Lipinski definition) is 4. The van der Waals surface area contributed by atoms with Crippen molar-refractivity contribution in [3.8, 4) is 11.1 Å². The van der Waals surface area contributed by atoms with Crippen LogP contribution in [0, 0.1) is 12.7 Å². The van der Waals surface area contributed by atoms with E-state index in [1.165, 1.54) is 34.4 Å². The molecule has 146 valence electrons. The summed E-state index contributed by atoms with van der Waals surface area (Å²) in [6.45, 7) is 1.55. The van der Waals surface area contributed by atoms with Gasteiger partial charge in [0.15, 0.2) is 0 Å². The number of benzene rings is 2. The lowest BCUT2D eigenvalue weighted by atomic mass is 10.1. The standard InChI is InChI=1S/C21H15ClFN3O2S/c1-12-2-7-15(23)8-17(12)25-18(27)9-26-11-24-19-16(10-29-20(19)21(26)28)13-3-5-14(22)6-4-13/h2-8,10-11H,9H2,1H3,(H,25,27). The first-order chi connectivity index (χ1) is 13.9. The molecule has 0 bridgehead atoms. The van der Waals surface area contributed by atoms with Crippen molar-refractivity contribution in [2.24, 2.45) is 0 Å². The molecule has 0 saturated heterocycles. The van der Waals surface area contributed by atoms with Gasteiger partial charge in [-0.2, -0.15) is 0 Å². The van der Waals surface area contributed by atoms with Crippen molar-refractivity contribution in [1.82, 2.24) is 9.55 Å². The number of halogens is 2. The second kappa shape index (κ2) is 7.77. The summed E-state index contributed by atoms with van der Waals surface area (Å²) in [4.78, 5) is 29.6. The van der Waals surface area contributed by atoms with Gasteiger partial charge in [-0.1, -0.05) is 29.8 Å². The highest BCUT2D eigenvalue weighted by molar-refractivity contribution is 7.17. The lowest BCUT2D eigenvalue weighted by Crippen LogP contribution is -2.27. The predicted molar refractivity (Wildman–Crippen MR) is 114 cm³/mol. The van der Waals surface area contributed by atoms with Crippen LogP contribution in [0.4, 0.5) is 10.1 Å². The quantitative estimate of drug-likeness (QED) is 0.505. The Balaban J connectivity index is 1.61. The van der Waals surface area contributed by atoms with Crippen molar-refractivity contribution in [1.29, 1.82) is 0 Å². The summed E-state index contributed by atoms with van der Waals surface area (Å²) in [5.41, 5.74) is 3.13. The van der Waals surface area contributed by atoms with Crippen molar-refractivity contribution in [2.75, 3.05) is 5.32 Å². The van der Waals surface area contributed by atoms with Gasteiger partial charge < -0.3 is 5.32 Å². The summed E-state index contributed by atoms with van der Waals surface area (Å²) >= 11 is 7.22. The molecule has 2 heterocycles. The van der Waals surface area contributed by atoms with Crippen LogP contribution in [0.2, 0.25) is 5.02 Å². The summed E-state index contributed by atoms with van der Waals surface area (Å²) in [5, 5.41) is 5.13. The molecule has 0 radical (unpaired) electrons. The number of nitrogens with one attached hydrogen (secondary N) is 1. The zero-order chi connectivity index (χ0) is 20.5. The molecule has 0 atom stereocenters. The lowest BCUT2D eigenvalue weighted by Gasteiger charge is -2.10. The Kier molecular flexibility index (Phi) is 5.17. The number of carbonyl (C=O) groups is 1. The molecule has 0 aliphatic rings. The molecule has 1 N–H and O–H groups in total. The maximum absolute atomic E-state index is 13.4. The van der Waals surface area contributed by atoms with E-state index >= 15 is 0 Å². The lowest BCUT2D eigenvalue weighted by molar-refractivity contribution is -0.116. The molecule has 0 saturated carbocycles. The second-order valence-corrected chi connectivity index (χ2v) is 7.84. The number of aromatic nitrogens is 2. The Hall–Kier alpha value is -3.03. The van der Waals surface area contributed by atoms with Crippen LogP contribution < -0.4 is 10.9 Å². The minimum atomic E-state index is -0.445. The van der Waals surface area contributed by atoms with Crippen LogP contribution in [-0.2, 0) is 11.3 Å². The molecule has 0 unspecified atom stereocenters. The SMILES string of the molecule is Cc1ccc(F)cc1NC(=O)Cn1cnc2c(-c3ccc(Cl)cc3)csc2c1=O. The molecule has 4 rings (SSSR count). The van der Waals surface area contributed by atoms with Gasteiger partial charge in [0.2, 0.25) is 5.91 Å². The minimum Gasteiger partial charge on any atom is -0.324 e. The number of hydrogen-bond donors (Lipinski definition) is 1. The van der Waals surface area contributed by atoms with Gasteiger partial charge in [0.1, 0.15) is 17.1 Å². The van der Waals surface area contributed by atoms with Crippen molar-refractivity contribution in [3.63, 3.8) is 0 Å². The molecule has 0 spiro atoms. The Labute approximate surface area is 174 Å². The third-order valence-corrected chi connectivity index (χ3v) is 5.70. The Morgan fingerprint density at radius 2 is 2.00 bits per heavy atom. The van der Waals surface area contributed by atoms with E-state index in [9.17, 15) is 14.0 Å². The van der Waals surface area contributed by atoms with Crippen molar-refractivity contribution in [2.45, 2.75) is 13.5 Å². The van der Waals surface area contributed by atoms with Gasteiger partial charge in [-0.3, -0.25) is 14.2 Å². The van der Waals surface area contributed by atoms with Crippen LogP contribution in [0.1, 0.15) is 5.56 Å². The summed E-state index contributed by atoms with van der Waals surface area (Å²) in [5.74, 6) is -0.879. The average Bonchev–Trinajstić information content (AvgIpc) is 3.12. The third-order valence-electron chi connectivity index (χ3n) is 4.49. The summed E-state index contributed by atoms with van der Waals surface area (Å²) < 4.78 is 15.1. The molecule has 0 aliphatic heterocycles. The molecule has 2 aromatic carbocycles. The van der Waals surface area contributed by atoms with Gasteiger partial charge in [-0.25, -0.2) is 9.37 Å². The van der Waals surface area contributed by atoms with Crippen LogP contribution >= 0.6 is 22.9 Å². The van der Waals surface area contributed by atoms with Crippen LogP contribution in [-0.4, -0.2) is 15.5 Å². The largest absolute Gasteiger partial charge is 0.324 e. The number of carbonyl (C=O) groups excluding carboxylic acids is 1. The fraction of sp³-hybridized carbons (Fsp3) is 0.0952. The fourth-order valence-electron chi connectivity index (χ4n) is 2.96. The molecule has 0 aliphatic carbocycles. The van der Waals surface area contributed by atoms with Gasteiger partial charge in [0.05, 0.1) is 11.8 Å². The average molecular weight is 428 g/mol. The van der Waals surface area contributed by atoms with E-state index in [-0.39, 0.29) is 12.1 Å². The molecule has 0 fully saturated rings. The minimum absolute atomic E-state index is 0.216. The summed E-state index contributed by atoms with van der Waals surface area (Å²) in [6.07, 6.45) is 1.36. The molecule has 5 nitrogen and oxygen atoms in total. The first-order valence-electron chi connectivity index (χ1n) is 8.71.